The van der Waals surface area contributed by atoms with Crippen LogP contribution in [-0.4, -0.2) is 35.3 Å². The summed E-state index contributed by atoms with van der Waals surface area (Å²) in [6, 6.07) is 5.90. The van der Waals surface area contributed by atoms with Crippen molar-refractivity contribution in [2.24, 2.45) is 0 Å². The first-order chi connectivity index (χ1) is 11.1. The summed E-state index contributed by atoms with van der Waals surface area (Å²) in [5, 5.41) is 14.3. The molecule has 0 bridgehead atoms. The number of aromatic nitrogens is 1. The van der Waals surface area contributed by atoms with Crippen LogP contribution in [0.4, 0.5) is 0 Å². The van der Waals surface area contributed by atoms with Gasteiger partial charge >= 0.3 is 0 Å². The highest BCUT2D eigenvalue weighted by Gasteiger charge is 2.33. The van der Waals surface area contributed by atoms with Crippen LogP contribution in [0.1, 0.15) is 37.7 Å². The average molecular weight is 316 g/mol. The normalized spacial score (nSPS) is 16.6. The Kier molecular flexibility index (Phi) is 4.57. The van der Waals surface area contributed by atoms with Gasteiger partial charge in [-0.1, -0.05) is 18.9 Å². The van der Waals surface area contributed by atoms with E-state index in [-0.39, 0.29) is 12.3 Å². The van der Waals surface area contributed by atoms with Crippen molar-refractivity contribution in [3.63, 3.8) is 0 Å². The van der Waals surface area contributed by atoms with Gasteiger partial charge in [0.25, 0.3) is 0 Å². The number of hydrogen-bond acceptors (Lipinski definition) is 3. The Bertz CT molecular complexity index is 687. The maximum absolute atomic E-state index is 12.0. The molecule has 1 saturated carbocycles. The molecule has 1 fully saturated rings. The van der Waals surface area contributed by atoms with Crippen LogP contribution in [0.3, 0.4) is 0 Å². The number of fused-ring (bicyclic) bond motifs is 1. The molecule has 1 aromatic carbocycles. The number of benzene rings is 1. The third kappa shape index (κ3) is 3.50. The fraction of sp³-hybridized carbons (Fsp3) is 0.500. The van der Waals surface area contributed by atoms with E-state index in [1.165, 1.54) is 0 Å². The van der Waals surface area contributed by atoms with Crippen LogP contribution in [0.2, 0.25) is 0 Å². The second-order valence-corrected chi connectivity index (χ2v) is 6.40. The molecule has 3 rings (SSSR count). The minimum atomic E-state index is -0.784. The Morgan fingerprint density at radius 2 is 2.17 bits per heavy atom. The summed E-state index contributed by atoms with van der Waals surface area (Å²) < 4.78 is 5.42. The van der Waals surface area contributed by atoms with Gasteiger partial charge in [0, 0.05) is 23.6 Å². The summed E-state index contributed by atoms with van der Waals surface area (Å²) in [6.07, 6.45) is 6.40. The maximum Gasteiger partial charge on any atom is 0.222 e. The van der Waals surface area contributed by atoms with E-state index >= 15 is 0 Å². The average Bonchev–Trinajstić information content (AvgIpc) is 3.14. The molecule has 1 heterocycles. The minimum Gasteiger partial charge on any atom is -0.496 e. The van der Waals surface area contributed by atoms with E-state index in [9.17, 15) is 9.90 Å². The van der Waals surface area contributed by atoms with Gasteiger partial charge < -0.3 is 20.1 Å². The Morgan fingerprint density at radius 3 is 2.91 bits per heavy atom. The number of ether oxygens (including phenoxy) is 1. The van der Waals surface area contributed by atoms with Crippen molar-refractivity contribution in [3.8, 4) is 5.75 Å². The monoisotopic (exact) mass is 316 g/mol. The fourth-order valence-electron chi connectivity index (χ4n) is 3.49. The first-order valence-electron chi connectivity index (χ1n) is 8.23. The lowest BCUT2D eigenvalue weighted by Crippen LogP contribution is -2.35. The molecule has 0 atom stereocenters. The van der Waals surface area contributed by atoms with Gasteiger partial charge in [0.15, 0.2) is 0 Å². The van der Waals surface area contributed by atoms with Gasteiger partial charge in [-0.05, 0) is 37.0 Å². The number of aliphatic hydroxyl groups is 1. The van der Waals surface area contributed by atoms with Gasteiger partial charge in [-0.15, -0.1) is 0 Å². The number of H-pyrrole nitrogens is 1. The molecule has 2 aromatic rings. The van der Waals surface area contributed by atoms with E-state index < -0.39 is 5.60 Å². The highest BCUT2D eigenvalue weighted by Crippen LogP contribution is 2.32. The van der Waals surface area contributed by atoms with E-state index in [0.717, 1.165) is 54.3 Å². The number of carbonyl (C=O) groups excluding carboxylic acids is 1. The number of carbonyl (C=O) groups is 1. The Labute approximate surface area is 136 Å². The molecule has 23 heavy (non-hydrogen) atoms. The van der Waals surface area contributed by atoms with E-state index in [1.807, 2.05) is 24.4 Å². The predicted octanol–water partition coefficient (Wildman–Crippen LogP) is 2.53. The van der Waals surface area contributed by atoms with Crippen LogP contribution >= 0.6 is 0 Å². The van der Waals surface area contributed by atoms with Crippen molar-refractivity contribution in [3.05, 3.63) is 30.0 Å². The summed E-state index contributed by atoms with van der Waals surface area (Å²) in [7, 11) is 1.66. The SMILES string of the molecule is COc1cccc2[nH]cc(CCNC(=O)CC3(O)CCCC3)c12. The van der Waals surface area contributed by atoms with Gasteiger partial charge in [0.1, 0.15) is 5.75 Å². The Balaban J connectivity index is 1.57. The van der Waals surface area contributed by atoms with E-state index in [2.05, 4.69) is 10.3 Å². The first kappa shape index (κ1) is 15.9. The fourth-order valence-corrected chi connectivity index (χ4v) is 3.49. The molecule has 1 aliphatic rings. The number of aromatic amines is 1. The molecular formula is C18H24N2O3. The summed E-state index contributed by atoms with van der Waals surface area (Å²) in [5.41, 5.74) is 1.37. The Hall–Kier alpha value is -2.01. The third-order valence-electron chi connectivity index (χ3n) is 4.71. The van der Waals surface area contributed by atoms with E-state index in [0.29, 0.717) is 6.54 Å². The molecule has 3 N–H and O–H groups in total. The van der Waals surface area contributed by atoms with Crippen molar-refractivity contribution >= 4 is 16.8 Å². The Morgan fingerprint density at radius 1 is 1.39 bits per heavy atom. The van der Waals surface area contributed by atoms with Crippen LogP contribution in [0, 0.1) is 0 Å². The maximum atomic E-state index is 12.0. The first-order valence-corrected chi connectivity index (χ1v) is 8.23. The number of methoxy groups -OCH3 is 1. The minimum absolute atomic E-state index is 0.0683. The van der Waals surface area contributed by atoms with E-state index in [4.69, 9.17) is 4.74 Å². The lowest BCUT2D eigenvalue weighted by atomic mass is 9.97. The highest BCUT2D eigenvalue weighted by atomic mass is 16.5. The van der Waals surface area contributed by atoms with Gasteiger partial charge in [0.2, 0.25) is 5.91 Å². The van der Waals surface area contributed by atoms with Crippen molar-refractivity contribution in [2.75, 3.05) is 13.7 Å². The zero-order valence-corrected chi connectivity index (χ0v) is 13.5. The van der Waals surface area contributed by atoms with Crippen molar-refractivity contribution < 1.29 is 14.6 Å². The summed E-state index contributed by atoms with van der Waals surface area (Å²) in [4.78, 5) is 15.2. The molecule has 124 valence electrons. The summed E-state index contributed by atoms with van der Waals surface area (Å²) in [6.45, 7) is 0.555. The topological polar surface area (TPSA) is 74.3 Å². The molecule has 0 radical (unpaired) electrons. The molecule has 0 saturated heterocycles. The van der Waals surface area contributed by atoms with Crippen LogP contribution < -0.4 is 10.1 Å². The van der Waals surface area contributed by atoms with Crippen LogP contribution in [0.5, 0.6) is 5.75 Å². The molecule has 1 aromatic heterocycles. The van der Waals surface area contributed by atoms with Crippen molar-refractivity contribution in [1.29, 1.82) is 0 Å². The van der Waals surface area contributed by atoms with Gasteiger partial charge in [-0.2, -0.15) is 0 Å². The molecule has 5 nitrogen and oxygen atoms in total. The van der Waals surface area contributed by atoms with Crippen LogP contribution in [-0.2, 0) is 11.2 Å². The smallest absolute Gasteiger partial charge is 0.222 e. The number of rotatable bonds is 6. The van der Waals surface area contributed by atoms with Crippen molar-refractivity contribution in [1.82, 2.24) is 10.3 Å². The highest BCUT2D eigenvalue weighted by molar-refractivity contribution is 5.89. The number of amides is 1. The molecule has 0 aliphatic heterocycles. The van der Waals surface area contributed by atoms with Crippen LogP contribution in [0.15, 0.2) is 24.4 Å². The molecule has 1 aliphatic carbocycles. The third-order valence-corrected chi connectivity index (χ3v) is 4.71. The quantitative estimate of drug-likeness (QED) is 0.766. The van der Waals surface area contributed by atoms with E-state index in [1.54, 1.807) is 7.11 Å². The van der Waals surface area contributed by atoms with Crippen LogP contribution in [0.25, 0.3) is 10.9 Å². The zero-order chi connectivity index (χ0) is 16.3. The lowest BCUT2D eigenvalue weighted by molar-refractivity contribution is -0.125. The molecule has 0 unspecified atom stereocenters. The molecular weight excluding hydrogens is 292 g/mol. The summed E-state index contributed by atoms with van der Waals surface area (Å²) >= 11 is 0. The second-order valence-electron chi connectivity index (χ2n) is 6.40. The predicted molar refractivity (Wildman–Crippen MR) is 89.6 cm³/mol. The zero-order valence-electron chi connectivity index (χ0n) is 13.5. The number of hydrogen-bond donors (Lipinski definition) is 3. The van der Waals surface area contributed by atoms with Gasteiger partial charge in [-0.25, -0.2) is 0 Å². The molecule has 0 spiro atoms. The largest absolute Gasteiger partial charge is 0.496 e. The molecule has 1 amide bonds. The second kappa shape index (κ2) is 6.62. The van der Waals surface area contributed by atoms with Crippen molar-refractivity contribution in [2.45, 2.75) is 44.1 Å². The standard InChI is InChI=1S/C18H24N2O3/c1-23-15-6-4-5-14-17(15)13(12-20-14)7-10-19-16(21)11-18(22)8-2-3-9-18/h4-6,12,20,22H,2-3,7-11H2,1H3,(H,19,21). The number of nitrogens with one attached hydrogen (secondary N) is 2. The molecule has 5 heteroatoms. The summed E-state index contributed by atoms with van der Waals surface area (Å²) in [5.74, 6) is 0.770. The van der Waals surface area contributed by atoms with Gasteiger partial charge in [-0.3, -0.25) is 4.79 Å². The van der Waals surface area contributed by atoms with Gasteiger partial charge in [0.05, 0.1) is 19.1 Å². The lowest BCUT2D eigenvalue weighted by Gasteiger charge is -2.21.